The van der Waals surface area contributed by atoms with Crippen LogP contribution in [0.25, 0.3) is 0 Å². The first-order valence-electron chi connectivity index (χ1n) is 12.8. The molecule has 0 saturated carbocycles. The molecule has 4 heteroatoms. The van der Waals surface area contributed by atoms with Gasteiger partial charge in [-0.2, -0.15) is 0 Å². The van der Waals surface area contributed by atoms with E-state index in [4.69, 9.17) is 9.53 Å². The van der Waals surface area contributed by atoms with Crippen LogP contribution >= 0.6 is 20.4 Å². The number of unbranched alkanes of at least 4 members (excludes halogenated alkanes) is 6. The molecule has 0 aliphatic carbocycles. The Morgan fingerprint density at radius 1 is 0.429 bits per heavy atom. The second-order valence-electron chi connectivity index (χ2n) is 8.99. The molecule has 0 nitrogen and oxygen atoms in total. The van der Waals surface area contributed by atoms with Crippen molar-refractivity contribution in [3.05, 3.63) is 0 Å². The van der Waals surface area contributed by atoms with Crippen molar-refractivity contribution in [1.82, 2.24) is 0 Å². The van der Waals surface area contributed by atoms with Gasteiger partial charge in [0.15, 0.2) is 0 Å². The first kappa shape index (κ1) is 29.8. The summed E-state index contributed by atoms with van der Waals surface area (Å²) in [5.41, 5.74) is -2.61. The molecule has 0 aromatic carbocycles. The molecular weight excluding hydrogens is 492 g/mol. The van der Waals surface area contributed by atoms with E-state index in [9.17, 15) is 0 Å². The molecule has 0 amide bonds. The molecule has 0 rings (SSSR count). The minimum absolute atomic E-state index is 0.859. The number of hydrogen-bond acceptors (Lipinski definition) is 0. The fourth-order valence-electron chi connectivity index (χ4n) is 4.42. The van der Waals surface area contributed by atoms with Crippen LogP contribution in [0.3, 0.4) is 0 Å². The first-order chi connectivity index (χ1) is 13.5. The van der Waals surface area contributed by atoms with Crippen LogP contribution in [0, 0.1) is 0 Å². The molecule has 0 unspecified atom stereocenters. The van der Waals surface area contributed by atoms with Crippen molar-refractivity contribution in [2.24, 2.45) is 0 Å². The first-order valence-corrected chi connectivity index (χ1v) is 24.3. The summed E-state index contributed by atoms with van der Waals surface area (Å²) < 4.78 is 0. The molecule has 0 aliphatic heterocycles. The second-order valence-corrected chi connectivity index (χ2v) is 36.6. The Morgan fingerprint density at radius 3 is 0.750 bits per heavy atom. The van der Waals surface area contributed by atoms with Crippen molar-refractivity contribution < 1.29 is 14.7 Å². The van der Waals surface area contributed by atoms with Gasteiger partial charge in [-0.1, -0.05) is 0 Å². The molecule has 0 aliphatic rings. The summed E-state index contributed by atoms with van der Waals surface area (Å²) in [4.78, 5) is 0. The number of rotatable bonds is 20. The van der Waals surface area contributed by atoms with Gasteiger partial charge >= 0.3 is 191 Å². The zero-order chi connectivity index (χ0) is 21.3. The fourth-order valence-corrected chi connectivity index (χ4v) is 57.0. The van der Waals surface area contributed by atoms with Gasteiger partial charge in [0, 0.05) is 0 Å². The summed E-state index contributed by atoms with van der Waals surface area (Å²) in [6, 6.07) is 0. The van der Waals surface area contributed by atoms with Crippen molar-refractivity contribution in [2.75, 3.05) is 37.0 Å². The Bertz CT molecular complexity index is 276. The zero-order valence-corrected chi connectivity index (χ0v) is 24.7. The fraction of sp³-hybridized carbons (Fsp3) is 1.00. The predicted octanol–water partition coefficient (Wildman–Crippen LogP) is 9.89. The van der Waals surface area contributed by atoms with Gasteiger partial charge in [0.2, 0.25) is 0 Å². The maximum absolute atomic E-state index is 7.98. The zero-order valence-electron chi connectivity index (χ0n) is 20.4. The average molecular weight is 549 g/mol. The van der Waals surface area contributed by atoms with Crippen molar-refractivity contribution in [3.63, 3.8) is 0 Å². The van der Waals surface area contributed by atoms with Gasteiger partial charge in [0.1, 0.15) is 0 Å². The van der Waals surface area contributed by atoms with Gasteiger partial charge in [-0.15, -0.1) is 0 Å². The standard InChI is InChI=1S/2C12H27P.ClH.Pd/c2*1-4-7-10-13(11-8-5-2)12-9-6-3;;/h2*4-12H2,1-3H3;1H;/q;;;-1/p+1. The third kappa shape index (κ3) is 10.4. The molecule has 0 radical (unpaired) electrons. The van der Waals surface area contributed by atoms with E-state index in [-0.39, 0.29) is 0 Å². The monoisotopic (exact) mass is 547 g/mol. The van der Waals surface area contributed by atoms with E-state index in [0.29, 0.717) is 0 Å². The van der Waals surface area contributed by atoms with Crippen LogP contribution in [0.2, 0.25) is 0 Å². The number of hydrogen-bond donors (Lipinski definition) is 0. The van der Waals surface area contributed by atoms with Crippen molar-refractivity contribution >= 4 is 20.4 Å². The minimum atomic E-state index is -1.30. The van der Waals surface area contributed by atoms with Crippen LogP contribution < -0.4 is 0 Å². The summed E-state index contributed by atoms with van der Waals surface area (Å²) in [6.07, 6.45) is 26.5. The molecule has 28 heavy (non-hydrogen) atoms. The summed E-state index contributed by atoms with van der Waals surface area (Å²) in [5, 5.41) is 0. The van der Waals surface area contributed by atoms with E-state index in [1.807, 2.05) is 0 Å². The van der Waals surface area contributed by atoms with E-state index < -0.39 is 25.6 Å². The maximum atomic E-state index is 7.98. The van der Waals surface area contributed by atoms with Gasteiger partial charge in [-0.25, -0.2) is 0 Å². The normalized spacial score (nSPS) is 14.3. The SMILES string of the molecule is CCCC[PH](CCCC)(CCCC)[Pd]([Cl])[PH](CCCC)(CCCC)CCCC. The van der Waals surface area contributed by atoms with Crippen LogP contribution in [0.5, 0.6) is 0 Å². The predicted molar refractivity (Wildman–Crippen MR) is 141 cm³/mol. The summed E-state index contributed by atoms with van der Waals surface area (Å²) in [7, 11) is 7.98. The van der Waals surface area contributed by atoms with Crippen LogP contribution in [0.1, 0.15) is 119 Å². The Hall–Kier alpha value is 1.81. The van der Waals surface area contributed by atoms with E-state index in [2.05, 4.69) is 41.5 Å². The van der Waals surface area contributed by atoms with E-state index in [1.165, 1.54) is 77.0 Å². The molecule has 0 fully saturated rings. The number of halogens is 1. The summed E-state index contributed by atoms with van der Waals surface area (Å²) in [6.45, 7) is 14.4. The quantitative estimate of drug-likeness (QED) is 0.105. The molecule has 0 atom stereocenters. The molecule has 179 valence electrons. The molecule has 0 saturated heterocycles. The van der Waals surface area contributed by atoms with Gasteiger partial charge in [0.25, 0.3) is 0 Å². The van der Waals surface area contributed by atoms with Crippen molar-refractivity contribution in [2.45, 2.75) is 119 Å². The van der Waals surface area contributed by atoms with Crippen LogP contribution in [0.15, 0.2) is 0 Å². The second kappa shape index (κ2) is 18.4. The summed E-state index contributed by atoms with van der Waals surface area (Å²) in [5.74, 6) is 0. The molecule has 0 heterocycles. The van der Waals surface area contributed by atoms with Crippen LogP contribution in [-0.2, 0) is 14.7 Å². The van der Waals surface area contributed by atoms with Crippen LogP contribution in [0.4, 0.5) is 0 Å². The third-order valence-electron chi connectivity index (χ3n) is 6.37. The average Bonchev–Trinajstić information content (AvgIpc) is 2.73. The Labute approximate surface area is 190 Å². The molecular formula is C24H56ClP2Pd. The Kier molecular flexibility index (Phi) is 19.6. The van der Waals surface area contributed by atoms with Gasteiger partial charge in [-0.3, -0.25) is 0 Å². The van der Waals surface area contributed by atoms with Crippen LogP contribution in [-0.4, -0.2) is 37.0 Å². The van der Waals surface area contributed by atoms with E-state index >= 15 is 0 Å². The molecule has 0 aromatic rings. The third-order valence-corrected chi connectivity index (χ3v) is 51.4. The topological polar surface area (TPSA) is 0 Å². The van der Waals surface area contributed by atoms with Crippen molar-refractivity contribution in [1.29, 1.82) is 0 Å². The van der Waals surface area contributed by atoms with Gasteiger partial charge in [-0.05, 0) is 0 Å². The van der Waals surface area contributed by atoms with E-state index in [0.717, 1.165) is 0 Å². The molecule has 0 aromatic heterocycles. The Morgan fingerprint density at radius 2 is 0.607 bits per heavy atom. The summed E-state index contributed by atoms with van der Waals surface area (Å²) >= 11 is -0.859. The van der Waals surface area contributed by atoms with E-state index in [1.54, 1.807) is 37.0 Å². The van der Waals surface area contributed by atoms with Gasteiger partial charge in [0.05, 0.1) is 0 Å². The van der Waals surface area contributed by atoms with Crippen molar-refractivity contribution in [3.8, 4) is 0 Å². The van der Waals surface area contributed by atoms with Gasteiger partial charge < -0.3 is 0 Å². The molecule has 0 spiro atoms. The Balaban J connectivity index is 5.99. The molecule has 0 N–H and O–H groups in total. The molecule has 0 bridgehead atoms.